The highest BCUT2D eigenvalue weighted by Crippen LogP contribution is 2.27. The average molecular weight is 428 g/mol. The molecule has 1 atom stereocenters. The van der Waals surface area contributed by atoms with Gasteiger partial charge in [-0.1, -0.05) is 23.7 Å². The number of fused-ring (bicyclic) bond motifs is 1. The largest absolute Gasteiger partial charge is 0.467 e. The van der Waals surface area contributed by atoms with Crippen LogP contribution in [0.3, 0.4) is 0 Å². The zero-order valence-corrected chi connectivity index (χ0v) is 16.0. The van der Waals surface area contributed by atoms with Crippen molar-refractivity contribution in [3.05, 3.63) is 52.2 Å². The summed E-state index contributed by atoms with van der Waals surface area (Å²) in [4.78, 5) is 27.6. The minimum Gasteiger partial charge on any atom is -0.467 e. The third-order valence-electron chi connectivity index (χ3n) is 4.31. The van der Waals surface area contributed by atoms with E-state index in [1.54, 1.807) is 19.1 Å². The van der Waals surface area contributed by atoms with Gasteiger partial charge in [0.2, 0.25) is 11.8 Å². The van der Waals surface area contributed by atoms with Gasteiger partial charge >= 0.3 is 6.18 Å². The molecular weight excluding hydrogens is 411 g/mol. The Morgan fingerprint density at radius 3 is 2.79 bits per heavy atom. The first kappa shape index (κ1) is 20.9. The van der Waals surface area contributed by atoms with Crippen LogP contribution in [-0.4, -0.2) is 29.6 Å². The first-order valence-corrected chi connectivity index (χ1v) is 9.09. The molecule has 29 heavy (non-hydrogen) atoms. The maximum absolute atomic E-state index is 12.5. The number of nitrogens with one attached hydrogen (secondary N) is 2. The Morgan fingerprint density at radius 2 is 2.10 bits per heavy atom. The van der Waals surface area contributed by atoms with Gasteiger partial charge in [-0.25, -0.2) is 4.98 Å². The van der Waals surface area contributed by atoms with Crippen molar-refractivity contribution in [2.45, 2.75) is 32.0 Å². The van der Waals surface area contributed by atoms with Gasteiger partial charge in [0.1, 0.15) is 5.02 Å². The van der Waals surface area contributed by atoms with Crippen molar-refractivity contribution in [1.29, 1.82) is 0 Å². The van der Waals surface area contributed by atoms with Crippen LogP contribution in [0, 0.1) is 0 Å². The fraction of sp³-hybridized carbons (Fsp3) is 0.316. The number of hydrogen-bond acceptors (Lipinski definition) is 4. The number of aromatic nitrogens is 1. The normalized spacial score (nSPS) is 14.6. The van der Waals surface area contributed by atoms with E-state index in [9.17, 15) is 22.8 Å². The number of carbonyl (C=O) groups is 2. The zero-order valence-electron chi connectivity index (χ0n) is 15.3. The van der Waals surface area contributed by atoms with Crippen molar-refractivity contribution < 1.29 is 27.5 Å². The molecule has 2 N–H and O–H groups in total. The molecule has 2 amide bonds. The summed E-state index contributed by atoms with van der Waals surface area (Å²) in [7, 11) is 0. The van der Waals surface area contributed by atoms with E-state index >= 15 is 0 Å². The van der Waals surface area contributed by atoms with Crippen molar-refractivity contribution >= 4 is 29.1 Å². The summed E-state index contributed by atoms with van der Waals surface area (Å²) in [6, 6.07) is 6.35. The van der Waals surface area contributed by atoms with Crippen molar-refractivity contribution in [3.63, 3.8) is 0 Å². The Labute approximate surface area is 169 Å². The predicted octanol–water partition coefficient (Wildman–Crippen LogP) is 4.05. The van der Waals surface area contributed by atoms with Gasteiger partial charge in [-0.2, -0.15) is 13.2 Å². The Hall–Kier alpha value is -2.81. The lowest BCUT2D eigenvalue weighted by Gasteiger charge is -2.20. The third kappa shape index (κ3) is 5.38. The molecular formula is C19H17ClF3N3O3. The van der Waals surface area contributed by atoms with Crippen LogP contribution >= 0.6 is 11.6 Å². The molecule has 154 valence electrons. The van der Waals surface area contributed by atoms with E-state index in [2.05, 4.69) is 20.4 Å². The second kappa shape index (κ2) is 8.28. The minimum atomic E-state index is -4.52. The molecule has 2 aromatic rings. The fourth-order valence-corrected chi connectivity index (χ4v) is 3.06. The Kier molecular flexibility index (Phi) is 5.97. The van der Waals surface area contributed by atoms with Crippen LogP contribution in [0.4, 0.5) is 18.9 Å². The number of benzene rings is 1. The van der Waals surface area contributed by atoms with Crippen molar-refractivity contribution in [2.24, 2.45) is 0 Å². The third-order valence-corrected chi connectivity index (χ3v) is 4.59. The summed E-state index contributed by atoms with van der Waals surface area (Å²) < 4.78 is 41.2. The Balaban J connectivity index is 1.67. The molecule has 2 heterocycles. The number of hydrogen-bond donors (Lipinski definition) is 2. The molecule has 0 spiro atoms. The second-order valence-electron chi connectivity index (χ2n) is 6.57. The molecule has 0 fully saturated rings. The molecule has 0 saturated heterocycles. The monoisotopic (exact) mass is 427 g/mol. The number of alkyl halides is 3. The highest BCUT2D eigenvalue weighted by Gasteiger charge is 2.29. The van der Waals surface area contributed by atoms with Gasteiger partial charge in [0.05, 0.1) is 11.6 Å². The molecule has 1 aliphatic rings. The Morgan fingerprint density at radius 1 is 1.34 bits per heavy atom. The SMILES string of the molecule is CC(NC(=O)c1cnc(OCC(F)(F)F)c(Cl)c1)c1ccc2c(c1)CCC(=O)N2. The molecule has 0 bridgehead atoms. The maximum atomic E-state index is 12.5. The summed E-state index contributed by atoms with van der Waals surface area (Å²) in [6.45, 7) is 0.262. The molecule has 6 nitrogen and oxygen atoms in total. The lowest BCUT2D eigenvalue weighted by Crippen LogP contribution is -2.27. The molecule has 1 aliphatic heterocycles. The van der Waals surface area contributed by atoms with Gasteiger partial charge in [0, 0.05) is 18.3 Å². The zero-order chi connectivity index (χ0) is 21.2. The van der Waals surface area contributed by atoms with E-state index in [-0.39, 0.29) is 22.5 Å². The molecule has 0 aliphatic carbocycles. The van der Waals surface area contributed by atoms with Gasteiger partial charge < -0.3 is 15.4 Å². The number of pyridine rings is 1. The fourth-order valence-electron chi connectivity index (χ4n) is 2.84. The number of nitrogens with zero attached hydrogens (tertiary/aromatic N) is 1. The van der Waals surface area contributed by atoms with Crippen LogP contribution < -0.4 is 15.4 Å². The van der Waals surface area contributed by atoms with Crippen LogP contribution in [0.25, 0.3) is 0 Å². The number of ether oxygens (including phenoxy) is 1. The van der Waals surface area contributed by atoms with Gasteiger partial charge in [-0.05, 0) is 36.6 Å². The summed E-state index contributed by atoms with van der Waals surface area (Å²) in [5.74, 6) is -0.913. The summed E-state index contributed by atoms with van der Waals surface area (Å²) in [5, 5.41) is 5.38. The lowest BCUT2D eigenvalue weighted by molar-refractivity contribution is -0.154. The van der Waals surface area contributed by atoms with Crippen LogP contribution in [0.2, 0.25) is 5.02 Å². The number of anilines is 1. The van der Waals surface area contributed by atoms with Gasteiger partial charge in [0.15, 0.2) is 6.61 Å². The lowest BCUT2D eigenvalue weighted by atomic mass is 9.97. The van der Waals surface area contributed by atoms with E-state index in [1.807, 2.05) is 6.07 Å². The highest BCUT2D eigenvalue weighted by atomic mass is 35.5. The van der Waals surface area contributed by atoms with Gasteiger partial charge in [-0.15, -0.1) is 0 Å². The van der Waals surface area contributed by atoms with Crippen LogP contribution in [0.5, 0.6) is 5.88 Å². The van der Waals surface area contributed by atoms with E-state index in [0.717, 1.165) is 23.0 Å². The summed E-state index contributed by atoms with van der Waals surface area (Å²) in [6.07, 6.45) is -2.39. The van der Waals surface area contributed by atoms with Crippen LogP contribution in [0.1, 0.15) is 40.9 Å². The highest BCUT2D eigenvalue weighted by molar-refractivity contribution is 6.32. The molecule has 3 rings (SSSR count). The number of amides is 2. The van der Waals surface area contributed by atoms with E-state index in [1.165, 1.54) is 6.07 Å². The number of carbonyl (C=O) groups excluding carboxylic acids is 2. The molecule has 1 unspecified atom stereocenters. The second-order valence-corrected chi connectivity index (χ2v) is 6.98. The van der Waals surface area contributed by atoms with Crippen molar-refractivity contribution in [3.8, 4) is 5.88 Å². The predicted molar refractivity (Wildman–Crippen MR) is 100 cm³/mol. The molecule has 10 heteroatoms. The van der Waals surface area contributed by atoms with Crippen molar-refractivity contribution in [1.82, 2.24) is 10.3 Å². The van der Waals surface area contributed by atoms with E-state index < -0.39 is 24.6 Å². The first-order valence-electron chi connectivity index (χ1n) is 8.71. The van der Waals surface area contributed by atoms with Gasteiger partial charge in [0.25, 0.3) is 5.91 Å². The van der Waals surface area contributed by atoms with E-state index in [0.29, 0.717) is 12.8 Å². The molecule has 1 aromatic carbocycles. The van der Waals surface area contributed by atoms with Crippen molar-refractivity contribution in [2.75, 3.05) is 11.9 Å². The molecule has 0 radical (unpaired) electrons. The van der Waals surface area contributed by atoms with Crippen LogP contribution in [-0.2, 0) is 11.2 Å². The number of halogens is 4. The average Bonchev–Trinajstić information content (AvgIpc) is 2.65. The minimum absolute atomic E-state index is 0.0290. The summed E-state index contributed by atoms with van der Waals surface area (Å²) >= 11 is 5.88. The first-order chi connectivity index (χ1) is 13.6. The van der Waals surface area contributed by atoms with Crippen LogP contribution in [0.15, 0.2) is 30.5 Å². The smallest absolute Gasteiger partial charge is 0.422 e. The number of rotatable bonds is 5. The van der Waals surface area contributed by atoms with Gasteiger partial charge in [-0.3, -0.25) is 9.59 Å². The number of aryl methyl sites for hydroxylation is 1. The summed E-state index contributed by atoms with van der Waals surface area (Å²) in [5.41, 5.74) is 2.68. The molecule has 0 saturated carbocycles. The topological polar surface area (TPSA) is 80.3 Å². The quantitative estimate of drug-likeness (QED) is 0.754. The maximum Gasteiger partial charge on any atom is 0.422 e. The van der Waals surface area contributed by atoms with E-state index in [4.69, 9.17) is 11.6 Å². The Bertz CT molecular complexity index is 950. The molecule has 1 aromatic heterocycles. The standard InChI is InChI=1S/C19H17ClF3N3O3/c1-10(11-2-4-15-12(6-11)3-5-16(27)26-15)25-17(28)13-7-14(20)18(24-8-13)29-9-19(21,22)23/h2,4,6-8,10H,3,5,9H2,1H3,(H,25,28)(H,26,27).